The predicted octanol–water partition coefficient (Wildman–Crippen LogP) is -1.92. The molecule has 0 saturated carbocycles. The number of allylic oxidation sites excluding steroid dienone is 1. The minimum Gasteiger partial charge on any atom is -1.00 e. The Balaban J connectivity index is -0.000000720. The van der Waals surface area contributed by atoms with Gasteiger partial charge in [0.25, 0.3) is 0 Å². The first-order valence-corrected chi connectivity index (χ1v) is 4.66. The molecule has 0 spiro atoms. The molecule has 0 bridgehead atoms. The van der Waals surface area contributed by atoms with Gasteiger partial charge in [-0.05, 0) is 0 Å². The van der Waals surface area contributed by atoms with E-state index in [1.54, 1.807) is 13.2 Å². The Bertz CT molecular complexity index is 196. The van der Waals surface area contributed by atoms with Crippen LogP contribution in [0.2, 0.25) is 0 Å². The van der Waals surface area contributed by atoms with Crippen LogP contribution in [-0.4, -0.2) is 36.3 Å². The normalized spacial score (nSPS) is 10.6. The zero-order chi connectivity index (χ0) is 9.94. The maximum Gasteiger partial charge on any atom is 2.00 e. The second-order valence-corrected chi connectivity index (χ2v) is 2.81. The molecule has 0 aliphatic heterocycles. The molecule has 4 heteroatoms. The molecule has 82 valence electrons. The van der Waals surface area contributed by atoms with Crippen molar-refractivity contribution in [2.45, 2.75) is 38.7 Å². The van der Waals surface area contributed by atoms with Crippen LogP contribution in [0.15, 0.2) is 12.3 Å². The molecular formula is C11H17BrMgO2. The maximum atomic E-state index is 11.1. The van der Waals surface area contributed by atoms with E-state index in [4.69, 9.17) is 0 Å². The van der Waals surface area contributed by atoms with Gasteiger partial charge in [-0.2, -0.15) is 0 Å². The first-order chi connectivity index (χ1) is 6.31. The molecule has 0 aliphatic rings. The van der Waals surface area contributed by atoms with E-state index >= 15 is 0 Å². The largest absolute Gasteiger partial charge is 2.00 e. The van der Waals surface area contributed by atoms with Crippen molar-refractivity contribution in [1.82, 2.24) is 0 Å². The molecule has 0 aromatic heterocycles. The van der Waals surface area contributed by atoms with Gasteiger partial charge in [0, 0.05) is 6.08 Å². The van der Waals surface area contributed by atoms with E-state index in [0.29, 0.717) is 6.42 Å². The average molecular weight is 285 g/mol. The summed E-state index contributed by atoms with van der Waals surface area (Å²) in [5, 5.41) is 11.1. The molecule has 0 aromatic rings. The van der Waals surface area contributed by atoms with Gasteiger partial charge in [-0.1, -0.05) is 44.6 Å². The number of halogens is 1. The van der Waals surface area contributed by atoms with E-state index in [-0.39, 0.29) is 40.0 Å². The summed E-state index contributed by atoms with van der Waals surface area (Å²) in [6.45, 7) is 2.12. The quantitative estimate of drug-likeness (QED) is 0.255. The van der Waals surface area contributed by atoms with Crippen LogP contribution in [0, 0.1) is 11.8 Å². The monoisotopic (exact) mass is 284 g/mol. The second-order valence-electron chi connectivity index (χ2n) is 2.81. The summed E-state index contributed by atoms with van der Waals surface area (Å²) < 4.78 is 4.64. The summed E-state index contributed by atoms with van der Waals surface area (Å²) >= 11 is 0. The third-order valence-corrected chi connectivity index (χ3v) is 1.60. The van der Waals surface area contributed by atoms with Crippen molar-refractivity contribution in [2.24, 2.45) is 0 Å². The van der Waals surface area contributed by atoms with Crippen LogP contribution in [0.4, 0.5) is 0 Å². The fraction of sp³-hybridized carbons (Fsp3) is 0.636. The number of rotatable bonds is 5. The standard InChI is InChI=1S/C11H17O2.BrH.Mg/c1-3-4-5-8-11(12)9-6-7-10-13-2;;/h7,10-11H,3-5,8H2,1-2H3;1H;/q-1;;+2/p-1/b10-7-;;. The first-order valence-electron chi connectivity index (χ1n) is 4.66. The number of hydrogen-bond acceptors (Lipinski definition) is 2. The summed E-state index contributed by atoms with van der Waals surface area (Å²) in [5.74, 6) is 5.25. The average Bonchev–Trinajstić information content (AvgIpc) is 2.13. The van der Waals surface area contributed by atoms with E-state index in [9.17, 15) is 5.11 Å². The van der Waals surface area contributed by atoms with Crippen LogP contribution in [-0.2, 0) is 4.74 Å². The molecule has 0 radical (unpaired) electrons. The molecule has 0 aromatic carbocycles. The molecule has 0 amide bonds. The van der Waals surface area contributed by atoms with Crippen LogP contribution in [0.1, 0.15) is 32.6 Å². The van der Waals surface area contributed by atoms with Crippen molar-refractivity contribution in [1.29, 1.82) is 0 Å². The number of hydrogen-bond donors (Lipinski definition) is 0. The molecule has 1 unspecified atom stereocenters. The number of unbranched alkanes of at least 4 members (excludes halogenated alkanes) is 2. The Morgan fingerprint density at radius 3 is 2.60 bits per heavy atom. The summed E-state index contributed by atoms with van der Waals surface area (Å²) in [5.41, 5.74) is 0. The molecule has 0 fully saturated rings. The van der Waals surface area contributed by atoms with Crippen molar-refractivity contribution in [3.63, 3.8) is 0 Å². The van der Waals surface area contributed by atoms with Gasteiger partial charge in [0.15, 0.2) is 0 Å². The van der Waals surface area contributed by atoms with Gasteiger partial charge in [-0.3, -0.25) is 0 Å². The number of ether oxygens (including phenoxy) is 1. The fourth-order valence-electron chi connectivity index (χ4n) is 0.895. The smallest absolute Gasteiger partial charge is 1.00 e. The number of methoxy groups -OCH3 is 1. The molecule has 2 nitrogen and oxygen atoms in total. The Morgan fingerprint density at radius 1 is 1.40 bits per heavy atom. The van der Waals surface area contributed by atoms with Gasteiger partial charge in [-0.25, -0.2) is 0 Å². The Kier molecular flexibility index (Phi) is 23.1. The first kappa shape index (κ1) is 20.7. The molecular weight excluding hydrogens is 268 g/mol. The van der Waals surface area contributed by atoms with Gasteiger partial charge in [0.1, 0.15) is 0 Å². The molecule has 0 aliphatic carbocycles. The van der Waals surface area contributed by atoms with Crippen molar-refractivity contribution in [3.05, 3.63) is 12.3 Å². The maximum absolute atomic E-state index is 11.1. The summed E-state index contributed by atoms with van der Waals surface area (Å²) in [6.07, 6.45) is 6.16. The van der Waals surface area contributed by atoms with Gasteiger partial charge in [-0.15, -0.1) is 5.92 Å². The van der Waals surface area contributed by atoms with E-state index in [0.717, 1.165) is 19.3 Å². The van der Waals surface area contributed by atoms with E-state index in [1.165, 1.54) is 6.26 Å². The van der Waals surface area contributed by atoms with Gasteiger partial charge < -0.3 is 26.8 Å². The van der Waals surface area contributed by atoms with Crippen LogP contribution in [0.3, 0.4) is 0 Å². The Morgan fingerprint density at radius 2 is 2.07 bits per heavy atom. The van der Waals surface area contributed by atoms with Crippen molar-refractivity contribution in [2.75, 3.05) is 7.11 Å². The van der Waals surface area contributed by atoms with Crippen molar-refractivity contribution < 1.29 is 26.8 Å². The third-order valence-electron chi connectivity index (χ3n) is 1.60. The van der Waals surface area contributed by atoms with E-state index < -0.39 is 6.10 Å². The van der Waals surface area contributed by atoms with Gasteiger partial charge in [0.2, 0.25) is 0 Å². The third kappa shape index (κ3) is 16.9. The Labute approximate surface area is 119 Å². The second kappa shape index (κ2) is 16.7. The van der Waals surface area contributed by atoms with Gasteiger partial charge in [0.05, 0.1) is 13.4 Å². The Hall–Kier alpha value is 0.306. The van der Waals surface area contributed by atoms with Crippen LogP contribution in [0.25, 0.3) is 0 Å². The van der Waals surface area contributed by atoms with Crippen molar-refractivity contribution >= 4 is 23.1 Å². The van der Waals surface area contributed by atoms with E-state index in [2.05, 4.69) is 23.5 Å². The topological polar surface area (TPSA) is 32.3 Å². The predicted molar refractivity (Wildman–Crippen MR) is 57.6 cm³/mol. The van der Waals surface area contributed by atoms with Crippen LogP contribution >= 0.6 is 0 Å². The minimum absolute atomic E-state index is 0. The fourth-order valence-corrected chi connectivity index (χ4v) is 0.895. The minimum atomic E-state index is -0.743. The van der Waals surface area contributed by atoms with Crippen LogP contribution < -0.4 is 22.1 Å². The molecule has 0 heterocycles. The molecule has 0 saturated heterocycles. The molecule has 1 atom stereocenters. The zero-order valence-corrected chi connectivity index (χ0v) is 12.5. The SMILES string of the molecule is CCCCCC([O-])C#C/C=C\OC.[Br-].[Mg+2]. The molecule has 0 N–H and O–H groups in total. The summed E-state index contributed by atoms with van der Waals surface area (Å²) in [7, 11) is 1.55. The van der Waals surface area contributed by atoms with E-state index in [1.807, 2.05) is 0 Å². The van der Waals surface area contributed by atoms with Crippen LogP contribution in [0.5, 0.6) is 0 Å². The molecule has 15 heavy (non-hydrogen) atoms. The molecule has 0 rings (SSSR count). The summed E-state index contributed by atoms with van der Waals surface area (Å²) in [4.78, 5) is 0. The van der Waals surface area contributed by atoms with Gasteiger partial charge >= 0.3 is 23.1 Å². The zero-order valence-electron chi connectivity index (χ0n) is 9.46. The summed E-state index contributed by atoms with van der Waals surface area (Å²) in [6, 6.07) is 0. The van der Waals surface area contributed by atoms with Crippen molar-refractivity contribution in [3.8, 4) is 11.8 Å².